The van der Waals surface area contributed by atoms with Crippen molar-refractivity contribution in [3.63, 3.8) is 0 Å². The van der Waals surface area contributed by atoms with E-state index in [0.717, 1.165) is 11.1 Å². The Labute approximate surface area is 76.2 Å². The van der Waals surface area contributed by atoms with E-state index in [1.165, 1.54) is 0 Å². The van der Waals surface area contributed by atoms with E-state index >= 15 is 0 Å². The van der Waals surface area contributed by atoms with Gasteiger partial charge in [-0.15, -0.1) is 0 Å². The number of aryl methyl sites for hydroxylation is 1. The van der Waals surface area contributed by atoms with Crippen molar-refractivity contribution in [2.45, 2.75) is 13.5 Å². The molecule has 4 heteroatoms. The van der Waals surface area contributed by atoms with Gasteiger partial charge in [0, 0.05) is 5.56 Å². The topological polar surface area (TPSA) is 79.3 Å². The molecule has 0 fully saturated rings. The van der Waals surface area contributed by atoms with Crippen molar-refractivity contribution in [3.05, 3.63) is 39.8 Å². The first-order chi connectivity index (χ1) is 6.15. The van der Waals surface area contributed by atoms with Crippen LogP contribution in [0.5, 0.6) is 0 Å². The molecular formula is C9H11N3O. The molecule has 3 N–H and O–H groups in total. The number of hydrogen-bond acceptors (Lipinski definition) is 3. The summed E-state index contributed by atoms with van der Waals surface area (Å²) >= 11 is 0. The fourth-order valence-corrected chi connectivity index (χ4v) is 1.11. The van der Waals surface area contributed by atoms with Crippen molar-refractivity contribution >= 4 is 5.84 Å². The molecule has 1 aromatic carbocycles. The average Bonchev–Trinajstić information content (AvgIpc) is 2.08. The maximum Gasteiger partial charge on any atom is 0.122 e. The first kappa shape index (κ1) is 9.38. The van der Waals surface area contributed by atoms with Crippen LogP contribution in [0.25, 0.3) is 0 Å². The molecule has 4 nitrogen and oxygen atoms in total. The van der Waals surface area contributed by atoms with E-state index in [-0.39, 0.29) is 12.4 Å². The molecule has 0 unspecified atom stereocenters. The number of rotatable bonds is 3. The maximum absolute atomic E-state index is 10.0. The Bertz CT molecular complexity index is 347. The summed E-state index contributed by atoms with van der Waals surface area (Å²) < 4.78 is 0. The molecule has 13 heavy (non-hydrogen) atoms. The second-order valence-electron chi connectivity index (χ2n) is 2.84. The fraction of sp³-hybridized carbons (Fsp3) is 0.222. The lowest BCUT2D eigenvalue weighted by atomic mass is 10.0. The van der Waals surface area contributed by atoms with E-state index in [9.17, 15) is 4.91 Å². The highest BCUT2D eigenvalue weighted by Crippen LogP contribution is 2.11. The van der Waals surface area contributed by atoms with Gasteiger partial charge in [0.2, 0.25) is 0 Å². The van der Waals surface area contributed by atoms with Crippen LogP contribution in [-0.4, -0.2) is 5.84 Å². The Kier molecular flexibility index (Phi) is 2.74. The maximum atomic E-state index is 10.0. The van der Waals surface area contributed by atoms with Gasteiger partial charge in [-0.2, -0.15) is 4.91 Å². The summed E-state index contributed by atoms with van der Waals surface area (Å²) in [6, 6.07) is 5.27. The molecule has 1 rings (SSSR count). The summed E-state index contributed by atoms with van der Waals surface area (Å²) in [6.07, 6.45) is 0. The number of nitrogens with one attached hydrogen (secondary N) is 1. The van der Waals surface area contributed by atoms with Gasteiger partial charge in [0.25, 0.3) is 0 Å². The van der Waals surface area contributed by atoms with Gasteiger partial charge in [-0.1, -0.05) is 17.3 Å². The summed E-state index contributed by atoms with van der Waals surface area (Å²) in [7, 11) is 0. The molecule has 0 amide bonds. The van der Waals surface area contributed by atoms with Crippen LogP contribution in [0.4, 0.5) is 0 Å². The zero-order valence-corrected chi connectivity index (χ0v) is 7.37. The predicted molar refractivity (Wildman–Crippen MR) is 51.7 cm³/mol. The van der Waals surface area contributed by atoms with E-state index in [4.69, 9.17) is 11.1 Å². The van der Waals surface area contributed by atoms with E-state index in [0.29, 0.717) is 5.56 Å². The molecule has 0 bridgehead atoms. The third-order valence-electron chi connectivity index (χ3n) is 1.89. The molecule has 0 saturated carbocycles. The Morgan fingerprint density at radius 2 is 2.31 bits per heavy atom. The van der Waals surface area contributed by atoms with Crippen LogP contribution >= 0.6 is 0 Å². The highest BCUT2D eigenvalue weighted by atomic mass is 16.3. The molecule has 0 saturated heterocycles. The van der Waals surface area contributed by atoms with E-state index in [1.54, 1.807) is 18.2 Å². The molecule has 0 aromatic heterocycles. The van der Waals surface area contributed by atoms with Crippen LogP contribution in [0.15, 0.2) is 23.4 Å². The van der Waals surface area contributed by atoms with Gasteiger partial charge in [-0.3, -0.25) is 5.41 Å². The number of nitroso groups, excluding NO2 is 1. The van der Waals surface area contributed by atoms with Crippen molar-refractivity contribution in [1.82, 2.24) is 0 Å². The van der Waals surface area contributed by atoms with Gasteiger partial charge in [0.15, 0.2) is 0 Å². The highest BCUT2D eigenvalue weighted by Gasteiger charge is 2.01. The van der Waals surface area contributed by atoms with Crippen LogP contribution < -0.4 is 5.73 Å². The van der Waals surface area contributed by atoms with Crippen molar-refractivity contribution < 1.29 is 0 Å². The quantitative estimate of drug-likeness (QED) is 0.417. The molecule has 0 spiro atoms. The van der Waals surface area contributed by atoms with Gasteiger partial charge < -0.3 is 5.73 Å². The lowest BCUT2D eigenvalue weighted by Gasteiger charge is -2.03. The zero-order chi connectivity index (χ0) is 9.84. The molecule has 0 aliphatic rings. The third kappa shape index (κ3) is 2.11. The third-order valence-corrected chi connectivity index (χ3v) is 1.89. The van der Waals surface area contributed by atoms with Gasteiger partial charge in [0.05, 0.1) is 0 Å². The SMILES string of the molecule is Cc1cc(C(=N)N)ccc1CN=O. The summed E-state index contributed by atoms with van der Waals surface area (Å²) in [6.45, 7) is 2.04. The molecule has 1 aromatic rings. The van der Waals surface area contributed by atoms with Gasteiger partial charge in [-0.05, 0) is 24.1 Å². The Morgan fingerprint density at radius 3 is 2.77 bits per heavy atom. The number of nitrogen functional groups attached to an aromatic ring is 1. The molecular weight excluding hydrogens is 166 g/mol. The van der Waals surface area contributed by atoms with Crippen molar-refractivity contribution in [2.24, 2.45) is 10.9 Å². The minimum atomic E-state index is 0.0358. The van der Waals surface area contributed by atoms with Gasteiger partial charge in [-0.25, -0.2) is 0 Å². The van der Waals surface area contributed by atoms with Gasteiger partial charge >= 0.3 is 0 Å². The Balaban J connectivity index is 3.04. The van der Waals surface area contributed by atoms with Crippen LogP contribution in [0, 0.1) is 17.2 Å². The minimum Gasteiger partial charge on any atom is -0.384 e. The smallest absolute Gasteiger partial charge is 0.122 e. The molecule has 0 aliphatic heterocycles. The number of amidine groups is 1. The van der Waals surface area contributed by atoms with Crippen LogP contribution in [0.2, 0.25) is 0 Å². The number of nitrogens with two attached hydrogens (primary N) is 1. The Hall–Kier alpha value is -1.71. The first-order valence-corrected chi connectivity index (χ1v) is 3.88. The lowest BCUT2D eigenvalue weighted by Crippen LogP contribution is -2.11. The molecule has 0 heterocycles. The van der Waals surface area contributed by atoms with E-state index in [1.807, 2.05) is 6.92 Å². The van der Waals surface area contributed by atoms with Crippen LogP contribution in [0.3, 0.4) is 0 Å². The summed E-state index contributed by atoms with van der Waals surface area (Å²) in [4.78, 5) is 10.0. The highest BCUT2D eigenvalue weighted by molar-refractivity contribution is 5.95. The summed E-state index contributed by atoms with van der Waals surface area (Å²) in [5, 5.41) is 10.0. The van der Waals surface area contributed by atoms with Gasteiger partial charge in [0.1, 0.15) is 12.4 Å². The first-order valence-electron chi connectivity index (χ1n) is 3.88. The van der Waals surface area contributed by atoms with E-state index < -0.39 is 0 Å². The van der Waals surface area contributed by atoms with Crippen LogP contribution in [-0.2, 0) is 6.54 Å². The zero-order valence-electron chi connectivity index (χ0n) is 7.37. The van der Waals surface area contributed by atoms with Crippen LogP contribution in [0.1, 0.15) is 16.7 Å². The second-order valence-corrected chi connectivity index (χ2v) is 2.84. The molecule has 0 radical (unpaired) electrons. The molecule has 0 atom stereocenters. The van der Waals surface area contributed by atoms with E-state index in [2.05, 4.69) is 5.18 Å². The van der Waals surface area contributed by atoms with Crippen molar-refractivity contribution in [1.29, 1.82) is 5.41 Å². The van der Waals surface area contributed by atoms with Crippen molar-refractivity contribution in [3.8, 4) is 0 Å². The standard InChI is InChI=1S/C9H11N3O/c1-6-4-7(9(10)11)2-3-8(6)5-12-13/h2-4H,5H2,1H3,(H3,10,11). The molecule has 68 valence electrons. The fourth-order valence-electron chi connectivity index (χ4n) is 1.11. The Morgan fingerprint density at radius 1 is 1.62 bits per heavy atom. The van der Waals surface area contributed by atoms with Crippen molar-refractivity contribution in [2.75, 3.05) is 0 Å². The summed E-state index contributed by atoms with van der Waals surface area (Å²) in [5.41, 5.74) is 7.79. The predicted octanol–water partition coefficient (Wildman–Crippen LogP) is 1.55. The summed E-state index contributed by atoms with van der Waals surface area (Å²) in [5.74, 6) is 0.0358. The largest absolute Gasteiger partial charge is 0.384 e. The number of nitrogens with zero attached hydrogens (tertiary/aromatic N) is 1. The average molecular weight is 177 g/mol. The lowest BCUT2D eigenvalue weighted by molar-refractivity contribution is 1.03. The second kappa shape index (κ2) is 3.80. The number of benzene rings is 1. The monoisotopic (exact) mass is 177 g/mol. The molecule has 0 aliphatic carbocycles. The number of hydrogen-bond donors (Lipinski definition) is 2. The minimum absolute atomic E-state index is 0.0358. The normalized spacial score (nSPS) is 9.62.